The number of furan rings is 1. The van der Waals surface area contributed by atoms with Gasteiger partial charge < -0.3 is 4.42 Å². The third kappa shape index (κ3) is 3.83. The second kappa shape index (κ2) is 7.40. The van der Waals surface area contributed by atoms with Gasteiger partial charge in [0.25, 0.3) is 0 Å². The molecule has 0 spiro atoms. The summed E-state index contributed by atoms with van der Waals surface area (Å²) in [6.07, 6.45) is 2.69. The van der Waals surface area contributed by atoms with Gasteiger partial charge in [-0.05, 0) is 31.2 Å². The van der Waals surface area contributed by atoms with Gasteiger partial charge in [0, 0.05) is 5.38 Å². The minimum absolute atomic E-state index is 0.211. The van der Waals surface area contributed by atoms with Gasteiger partial charge in [-0.3, -0.25) is 4.99 Å². The highest BCUT2D eigenvalue weighted by Crippen LogP contribution is 2.20. The molecule has 0 radical (unpaired) electrons. The Kier molecular flexibility index (Phi) is 5.04. The van der Waals surface area contributed by atoms with Crippen molar-refractivity contribution < 1.29 is 13.2 Å². The lowest BCUT2D eigenvalue weighted by Gasteiger charge is -2.02. The van der Waals surface area contributed by atoms with Gasteiger partial charge in [0.1, 0.15) is 17.3 Å². The molecule has 25 heavy (non-hydrogen) atoms. The molecule has 128 valence electrons. The Morgan fingerprint density at radius 2 is 2.04 bits per heavy atom. The predicted octanol–water partition coefficient (Wildman–Crippen LogP) is 4.45. The van der Waals surface area contributed by atoms with E-state index in [1.165, 1.54) is 34.2 Å². The Balaban J connectivity index is 2.09. The van der Waals surface area contributed by atoms with Crippen molar-refractivity contribution in [3.8, 4) is 11.5 Å². The summed E-state index contributed by atoms with van der Waals surface area (Å²) in [5.41, 5.74) is 1.32. The predicted molar refractivity (Wildman–Crippen MR) is 94.6 cm³/mol. The third-order valence-electron chi connectivity index (χ3n) is 3.25. The van der Waals surface area contributed by atoms with Crippen molar-refractivity contribution in [2.45, 2.75) is 6.92 Å². The van der Waals surface area contributed by atoms with Gasteiger partial charge in [-0.15, -0.1) is 11.3 Å². The minimum atomic E-state index is -0.681. The maximum atomic E-state index is 13.8. The highest BCUT2D eigenvalue weighted by atomic mass is 32.1. The summed E-state index contributed by atoms with van der Waals surface area (Å²) in [6, 6.07) is 7.20. The maximum Gasteiger partial charge on any atom is 0.206 e. The lowest BCUT2D eigenvalue weighted by atomic mass is 10.2. The average molecular weight is 359 g/mol. The van der Waals surface area contributed by atoms with Crippen molar-refractivity contribution in [1.82, 2.24) is 4.68 Å². The molecule has 0 saturated heterocycles. The molecule has 2 heterocycles. The molecule has 1 aromatic carbocycles. The molecular formula is C18H15F2N3OS. The van der Waals surface area contributed by atoms with Crippen LogP contribution in [-0.4, -0.2) is 17.4 Å². The molecule has 0 saturated carbocycles. The van der Waals surface area contributed by atoms with Crippen molar-refractivity contribution in [3.63, 3.8) is 0 Å². The van der Waals surface area contributed by atoms with Crippen LogP contribution in [0.25, 0.3) is 11.5 Å². The molecule has 4 nitrogen and oxygen atoms in total. The Labute approximate surface area is 147 Å². The van der Waals surface area contributed by atoms with Gasteiger partial charge in [-0.2, -0.15) is 5.10 Å². The van der Waals surface area contributed by atoms with Crippen LogP contribution in [0, 0.1) is 11.6 Å². The molecule has 0 N–H and O–H groups in total. The van der Waals surface area contributed by atoms with Gasteiger partial charge in [-0.25, -0.2) is 13.5 Å². The molecular weight excluding hydrogens is 344 g/mol. The van der Waals surface area contributed by atoms with Crippen molar-refractivity contribution in [3.05, 3.63) is 76.1 Å². The number of hydrogen-bond donors (Lipinski definition) is 0. The summed E-state index contributed by atoms with van der Waals surface area (Å²) in [5.74, 6) is -0.779. The number of halogens is 2. The van der Waals surface area contributed by atoms with Crippen molar-refractivity contribution in [2.24, 2.45) is 10.1 Å². The van der Waals surface area contributed by atoms with E-state index < -0.39 is 11.6 Å². The fourth-order valence-corrected chi connectivity index (χ4v) is 2.88. The Bertz CT molecular complexity index is 964. The average Bonchev–Trinajstić information content (AvgIpc) is 3.21. The van der Waals surface area contributed by atoms with Gasteiger partial charge in [0.15, 0.2) is 5.76 Å². The van der Waals surface area contributed by atoms with Gasteiger partial charge >= 0.3 is 0 Å². The number of hydrogen-bond acceptors (Lipinski definition) is 4. The summed E-state index contributed by atoms with van der Waals surface area (Å²) in [5, 5.41) is 6.06. The van der Waals surface area contributed by atoms with E-state index in [9.17, 15) is 8.78 Å². The minimum Gasteiger partial charge on any atom is -0.463 e. The third-order valence-corrected chi connectivity index (χ3v) is 4.10. The van der Waals surface area contributed by atoms with Crippen LogP contribution in [0.1, 0.15) is 12.5 Å². The van der Waals surface area contributed by atoms with Crippen molar-refractivity contribution in [2.75, 3.05) is 6.54 Å². The largest absolute Gasteiger partial charge is 0.463 e. The Morgan fingerprint density at radius 1 is 1.28 bits per heavy atom. The lowest BCUT2D eigenvalue weighted by Crippen LogP contribution is -2.13. The van der Waals surface area contributed by atoms with Crippen LogP contribution in [-0.2, 0) is 0 Å². The molecule has 3 aromatic rings. The van der Waals surface area contributed by atoms with Crippen LogP contribution in [0.15, 0.2) is 68.6 Å². The summed E-state index contributed by atoms with van der Waals surface area (Å²) in [4.78, 5) is 5.00. The Hall–Kier alpha value is -2.80. The molecule has 0 aliphatic heterocycles. The quantitative estimate of drug-likeness (QED) is 0.490. The molecule has 2 aromatic heterocycles. The number of thiazole rings is 1. The Morgan fingerprint density at radius 3 is 2.68 bits per heavy atom. The normalized spacial score (nSPS) is 12.2. The van der Waals surface area contributed by atoms with E-state index in [1.807, 2.05) is 12.3 Å². The second-order valence-corrected chi connectivity index (χ2v) is 6.18. The highest BCUT2D eigenvalue weighted by Gasteiger charge is 2.11. The van der Waals surface area contributed by atoms with Crippen LogP contribution in [0.4, 0.5) is 8.78 Å². The SMILES string of the molecule is C=C(C)CN=c1scc(-c2ccco2)n1N=Cc1c(F)cccc1F. The number of nitrogens with zero attached hydrogens (tertiary/aromatic N) is 3. The fraction of sp³-hybridized carbons (Fsp3) is 0.111. The van der Waals surface area contributed by atoms with E-state index in [-0.39, 0.29) is 5.56 Å². The molecule has 0 amide bonds. The van der Waals surface area contributed by atoms with Crippen LogP contribution in [0.2, 0.25) is 0 Å². The van der Waals surface area contributed by atoms with Crippen LogP contribution in [0.3, 0.4) is 0 Å². The van der Waals surface area contributed by atoms with Crippen molar-refractivity contribution >= 4 is 17.6 Å². The maximum absolute atomic E-state index is 13.8. The summed E-state index contributed by atoms with van der Waals surface area (Å²) < 4.78 is 34.5. The molecule has 3 rings (SSSR count). The topological polar surface area (TPSA) is 42.8 Å². The van der Waals surface area contributed by atoms with Gasteiger partial charge in [0.05, 0.1) is 24.6 Å². The first kappa shape index (κ1) is 17.0. The van der Waals surface area contributed by atoms with Gasteiger partial charge in [0.2, 0.25) is 4.80 Å². The zero-order valence-corrected chi connectivity index (χ0v) is 14.3. The zero-order chi connectivity index (χ0) is 17.8. The number of rotatable bonds is 5. The van der Waals surface area contributed by atoms with E-state index in [4.69, 9.17) is 4.42 Å². The molecule has 0 unspecified atom stereocenters. The summed E-state index contributed by atoms with van der Waals surface area (Å²) in [7, 11) is 0. The zero-order valence-electron chi connectivity index (χ0n) is 13.4. The van der Waals surface area contributed by atoms with Crippen LogP contribution < -0.4 is 4.80 Å². The van der Waals surface area contributed by atoms with Gasteiger partial charge in [-0.1, -0.05) is 18.2 Å². The van der Waals surface area contributed by atoms with E-state index in [0.717, 1.165) is 11.8 Å². The van der Waals surface area contributed by atoms with Crippen molar-refractivity contribution in [1.29, 1.82) is 0 Å². The first-order valence-electron chi connectivity index (χ1n) is 7.44. The van der Waals surface area contributed by atoms with Crippen LogP contribution in [0.5, 0.6) is 0 Å². The van der Waals surface area contributed by atoms with E-state index in [1.54, 1.807) is 18.4 Å². The number of aromatic nitrogens is 1. The first-order valence-corrected chi connectivity index (χ1v) is 8.32. The first-order chi connectivity index (χ1) is 12.1. The molecule has 0 bridgehead atoms. The molecule has 7 heteroatoms. The van der Waals surface area contributed by atoms with E-state index >= 15 is 0 Å². The monoisotopic (exact) mass is 359 g/mol. The highest BCUT2D eigenvalue weighted by molar-refractivity contribution is 7.07. The summed E-state index contributed by atoms with van der Waals surface area (Å²) in [6.45, 7) is 6.12. The molecule has 0 atom stereocenters. The fourth-order valence-electron chi connectivity index (χ4n) is 2.07. The molecule has 0 aliphatic carbocycles. The summed E-state index contributed by atoms with van der Waals surface area (Å²) >= 11 is 1.35. The smallest absolute Gasteiger partial charge is 0.206 e. The lowest BCUT2D eigenvalue weighted by molar-refractivity contribution is 0.574. The van der Waals surface area contributed by atoms with E-state index in [2.05, 4.69) is 16.7 Å². The standard InChI is InChI=1S/C18H15F2N3OS/c1-12(2)9-21-18-23(16(11-25-18)17-7-4-8-24-17)22-10-13-14(19)5-3-6-15(13)20/h3-8,10-11H,1,9H2,2H3. The van der Waals surface area contributed by atoms with E-state index in [0.29, 0.717) is 22.8 Å². The second-order valence-electron chi connectivity index (χ2n) is 5.35. The molecule has 0 fully saturated rings. The number of benzene rings is 1. The molecule has 0 aliphatic rings. The van der Waals surface area contributed by atoms with Crippen LogP contribution >= 0.6 is 11.3 Å².